The smallest absolute Gasteiger partial charge is 0.137 e. The van der Waals surface area contributed by atoms with Crippen LogP contribution in [0, 0.1) is 5.82 Å². The van der Waals surface area contributed by atoms with Crippen molar-refractivity contribution < 1.29 is 8.81 Å². The van der Waals surface area contributed by atoms with Crippen LogP contribution in [0.3, 0.4) is 0 Å². The molecule has 1 N–H and O–H groups in total. The Kier molecular flexibility index (Phi) is 2.85. The molecule has 1 aliphatic heterocycles. The summed E-state index contributed by atoms with van der Waals surface area (Å²) in [5, 5.41) is 4.34. The largest absolute Gasteiger partial charge is 0.464 e. The lowest BCUT2D eigenvalue weighted by atomic mass is 9.97. The predicted molar refractivity (Wildman–Crippen MR) is 65.5 cm³/mol. The minimum atomic E-state index is -0.176. The van der Waals surface area contributed by atoms with Crippen LogP contribution in [-0.4, -0.2) is 12.6 Å². The van der Waals surface area contributed by atoms with Crippen LogP contribution in [0.1, 0.15) is 24.8 Å². The van der Waals surface area contributed by atoms with Crippen LogP contribution in [0.4, 0.5) is 4.39 Å². The van der Waals surface area contributed by atoms with E-state index in [1.54, 1.807) is 12.3 Å². The molecule has 3 rings (SSSR count). The van der Waals surface area contributed by atoms with Crippen LogP contribution in [0.25, 0.3) is 11.0 Å². The van der Waals surface area contributed by atoms with Crippen molar-refractivity contribution in [2.24, 2.45) is 0 Å². The molecule has 0 saturated carbocycles. The van der Waals surface area contributed by atoms with Crippen molar-refractivity contribution in [1.82, 2.24) is 5.32 Å². The number of furan rings is 1. The van der Waals surface area contributed by atoms with Gasteiger partial charge in [-0.1, -0.05) is 6.42 Å². The number of fused-ring (bicyclic) bond motifs is 1. The predicted octanol–water partition coefficient (Wildman–Crippen LogP) is 3.26. The van der Waals surface area contributed by atoms with Gasteiger partial charge in [-0.25, -0.2) is 4.39 Å². The second-order valence-corrected chi connectivity index (χ2v) is 4.75. The Balaban J connectivity index is 1.90. The molecule has 17 heavy (non-hydrogen) atoms. The Morgan fingerprint density at radius 2 is 2.29 bits per heavy atom. The molecule has 2 nitrogen and oxygen atoms in total. The molecule has 1 fully saturated rings. The average molecular weight is 233 g/mol. The van der Waals surface area contributed by atoms with Gasteiger partial charge in [0.05, 0.1) is 6.26 Å². The number of benzene rings is 1. The summed E-state index contributed by atoms with van der Waals surface area (Å²) in [6.07, 6.45) is 6.15. The van der Waals surface area contributed by atoms with Gasteiger partial charge in [0.2, 0.25) is 0 Å². The van der Waals surface area contributed by atoms with Crippen molar-refractivity contribution in [3.8, 4) is 0 Å². The molecule has 0 radical (unpaired) electrons. The highest BCUT2D eigenvalue weighted by molar-refractivity contribution is 5.80. The third kappa shape index (κ3) is 2.20. The quantitative estimate of drug-likeness (QED) is 0.861. The molecule has 1 aromatic heterocycles. The molecule has 2 heterocycles. The van der Waals surface area contributed by atoms with E-state index in [4.69, 9.17) is 4.42 Å². The molecule has 0 amide bonds. The van der Waals surface area contributed by atoms with Gasteiger partial charge in [0.15, 0.2) is 0 Å². The van der Waals surface area contributed by atoms with E-state index in [0.717, 1.165) is 29.5 Å². The minimum Gasteiger partial charge on any atom is -0.464 e. The van der Waals surface area contributed by atoms with Crippen LogP contribution in [0.5, 0.6) is 0 Å². The molecular weight excluding hydrogens is 217 g/mol. The van der Waals surface area contributed by atoms with Crippen molar-refractivity contribution in [2.75, 3.05) is 6.54 Å². The van der Waals surface area contributed by atoms with E-state index in [1.807, 2.05) is 6.07 Å². The second kappa shape index (κ2) is 4.49. The van der Waals surface area contributed by atoms with E-state index in [2.05, 4.69) is 5.32 Å². The number of nitrogens with one attached hydrogen (secondary N) is 1. The topological polar surface area (TPSA) is 25.2 Å². The highest BCUT2D eigenvalue weighted by Crippen LogP contribution is 2.24. The number of halogens is 1. The second-order valence-electron chi connectivity index (χ2n) is 4.75. The summed E-state index contributed by atoms with van der Waals surface area (Å²) in [7, 11) is 0. The van der Waals surface area contributed by atoms with E-state index in [-0.39, 0.29) is 5.82 Å². The van der Waals surface area contributed by atoms with Gasteiger partial charge < -0.3 is 9.73 Å². The number of piperidine rings is 1. The Bertz CT molecular complexity index is 514. The summed E-state index contributed by atoms with van der Waals surface area (Å²) in [4.78, 5) is 0. The fourth-order valence-electron chi connectivity index (χ4n) is 2.63. The normalized spacial score (nSPS) is 20.9. The maximum Gasteiger partial charge on any atom is 0.137 e. The molecular formula is C14H16FNO. The molecule has 90 valence electrons. The van der Waals surface area contributed by atoms with Gasteiger partial charge in [-0.2, -0.15) is 0 Å². The third-order valence-corrected chi connectivity index (χ3v) is 3.47. The summed E-state index contributed by atoms with van der Waals surface area (Å²) >= 11 is 0. The lowest BCUT2D eigenvalue weighted by Crippen LogP contribution is -2.35. The fraction of sp³-hybridized carbons (Fsp3) is 0.429. The molecule has 2 aromatic rings. The first-order valence-electron chi connectivity index (χ1n) is 6.22. The Morgan fingerprint density at radius 3 is 3.12 bits per heavy atom. The lowest BCUT2D eigenvalue weighted by molar-refractivity contribution is 0.398. The molecule has 3 heteroatoms. The maximum atomic E-state index is 13.5. The van der Waals surface area contributed by atoms with Gasteiger partial charge in [0, 0.05) is 11.4 Å². The van der Waals surface area contributed by atoms with Crippen molar-refractivity contribution >= 4 is 11.0 Å². The SMILES string of the molecule is Fc1cc(CC2CCCCN2)c2occc2c1. The molecule has 0 aliphatic carbocycles. The Morgan fingerprint density at radius 1 is 1.35 bits per heavy atom. The van der Waals surface area contributed by atoms with Gasteiger partial charge in [-0.15, -0.1) is 0 Å². The van der Waals surface area contributed by atoms with E-state index in [1.165, 1.54) is 25.3 Å². The number of rotatable bonds is 2. The van der Waals surface area contributed by atoms with Gasteiger partial charge in [-0.3, -0.25) is 0 Å². The van der Waals surface area contributed by atoms with Gasteiger partial charge in [0.1, 0.15) is 11.4 Å². The van der Waals surface area contributed by atoms with Crippen LogP contribution in [-0.2, 0) is 6.42 Å². The maximum absolute atomic E-state index is 13.5. The monoisotopic (exact) mass is 233 g/mol. The van der Waals surface area contributed by atoms with E-state index >= 15 is 0 Å². The van der Waals surface area contributed by atoms with E-state index < -0.39 is 0 Å². The van der Waals surface area contributed by atoms with Crippen molar-refractivity contribution in [3.05, 3.63) is 35.8 Å². The first-order valence-corrected chi connectivity index (χ1v) is 6.22. The number of hydrogen-bond acceptors (Lipinski definition) is 2. The summed E-state index contributed by atoms with van der Waals surface area (Å²) in [5.41, 5.74) is 1.81. The van der Waals surface area contributed by atoms with Crippen LogP contribution >= 0.6 is 0 Å². The van der Waals surface area contributed by atoms with E-state index in [9.17, 15) is 4.39 Å². The molecule has 0 bridgehead atoms. The zero-order valence-electron chi connectivity index (χ0n) is 9.71. The highest BCUT2D eigenvalue weighted by atomic mass is 19.1. The van der Waals surface area contributed by atoms with Gasteiger partial charge in [0.25, 0.3) is 0 Å². The summed E-state index contributed by atoms with van der Waals surface area (Å²) in [6.45, 7) is 1.07. The zero-order valence-corrected chi connectivity index (χ0v) is 9.71. The minimum absolute atomic E-state index is 0.176. The van der Waals surface area contributed by atoms with Crippen LogP contribution < -0.4 is 5.32 Å². The average Bonchev–Trinajstić information content (AvgIpc) is 2.78. The highest BCUT2D eigenvalue weighted by Gasteiger charge is 2.16. The Labute approximate surface area is 99.8 Å². The van der Waals surface area contributed by atoms with Crippen LogP contribution in [0.15, 0.2) is 28.9 Å². The summed E-state index contributed by atoms with van der Waals surface area (Å²) < 4.78 is 18.9. The molecule has 0 spiro atoms. The molecule has 1 unspecified atom stereocenters. The van der Waals surface area contributed by atoms with Gasteiger partial charge >= 0.3 is 0 Å². The van der Waals surface area contributed by atoms with Crippen molar-refractivity contribution in [1.29, 1.82) is 0 Å². The molecule has 1 saturated heterocycles. The van der Waals surface area contributed by atoms with E-state index in [0.29, 0.717) is 6.04 Å². The first kappa shape index (κ1) is 10.8. The Hall–Kier alpha value is -1.35. The van der Waals surface area contributed by atoms with Crippen LogP contribution in [0.2, 0.25) is 0 Å². The zero-order chi connectivity index (χ0) is 11.7. The summed E-state index contributed by atoms with van der Waals surface area (Å²) in [5.74, 6) is -0.176. The summed E-state index contributed by atoms with van der Waals surface area (Å²) in [6, 6.07) is 5.40. The first-order chi connectivity index (χ1) is 8.33. The third-order valence-electron chi connectivity index (χ3n) is 3.47. The van der Waals surface area contributed by atoms with Gasteiger partial charge in [-0.05, 0) is 49.6 Å². The fourth-order valence-corrected chi connectivity index (χ4v) is 2.63. The standard InChI is InChI=1S/C14H16FNO/c15-12-7-10-4-6-17-14(10)11(8-12)9-13-3-1-2-5-16-13/h4,6-8,13,16H,1-3,5,9H2. The molecule has 1 aromatic carbocycles. The van der Waals surface area contributed by atoms with Crippen molar-refractivity contribution in [2.45, 2.75) is 31.7 Å². The molecule has 1 atom stereocenters. The number of hydrogen-bond donors (Lipinski definition) is 1. The lowest BCUT2D eigenvalue weighted by Gasteiger charge is -2.23. The van der Waals surface area contributed by atoms with Crippen molar-refractivity contribution in [3.63, 3.8) is 0 Å². The molecule has 1 aliphatic rings.